The minimum absolute atomic E-state index is 0.222. The minimum Gasteiger partial charge on any atom is -0.368 e. The molecule has 1 atom stereocenters. The second-order valence-electron chi connectivity index (χ2n) is 4.75. The lowest BCUT2D eigenvalue weighted by Crippen LogP contribution is -2.21. The quantitative estimate of drug-likeness (QED) is 0.587. The van der Waals surface area contributed by atoms with Crippen LogP contribution >= 0.6 is 39.1 Å². The van der Waals surface area contributed by atoms with E-state index >= 15 is 0 Å². The molecule has 0 aliphatic carbocycles. The third-order valence-corrected chi connectivity index (χ3v) is 4.69. The second kappa shape index (κ2) is 6.84. The van der Waals surface area contributed by atoms with Gasteiger partial charge in [-0.05, 0) is 42.3 Å². The minimum atomic E-state index is 0.222. The number of hydrogen-bond donors (Lipinski definition) is 0. The molecule has 2 rings (SSSR count). The van der Waals surface area contributed by atoms with Crippen LogP contribution in [0.3, 0.4) is 0 Å². The zero-order valence-corrected chi connectivity index (χ0v) is 14.5. The number of anilines is 1. The van der Waals surface area contributed by atoms with E-state index in [0.717, 1.165) is 26.6 Å². The second-order valence-corrected chi connectivity index (χ2v) is 6.16. The SMILES string of the molecule is CC(c1cccc(Cl)c1)N(C)c1ccc(CBr)c(Cl)c1. The van der Waals surface area contributed by atoms with Crippen LogP contribution in [0.5, 0.6) is 0 Å². The third-order valence-electron chi connectivity index (χ3n) is 3.50. The van der Waals surface area contributed by atoms with E-state index < -0.39 is 0 Å². The van der Waals surface area contributed by atoms with Crippen LogP contribution in [-0.2, 0) is 5.33 Å². The first kappa shape index (κ1) is 15.7. The van der Waals surface area contributed by atoms with Gasteiger partial charge in [-0.15, -0.1) is 0 Å². The van der Waals surface area contributed by atoms with Crippen molar-refractivity contribution in [3.05, 3.63) is 63.6 Å². The molecule has 0 amide bonds. The van der Waals surface area contributed by atoms with E-state index in [-0.39, 0.29) is 6.04 Å². The molecule has 0 aromatic heterocycles. The number of halogens is 3. The van der Waals surface area contributed by atoms with Crippen molar-refractivity contribution in [3.63, 3.8) is 0 Å². The molecule has 106 valence electrons. The zero-order chi connectivity index (χ0) is 14.7. The Morgan fingerprint density at radius 2 is 1.90 bits per heavy atom. The van der Waals surface area contributed by atoms with Gasteiger partial charge in [0.15, 0.2) is 0 Å². The lowest BCUT2D eigenvalue weighted by atomic mass is 10.1. The highest BCUT2D eigenvalue weighted by molar-refractivity contribution is 9.08. The maximum absolute atomic E-state index is 6.27. The van der Waals surface area contributed by atoms with E-state index in [1.807, 2.05) is 30.3 Å². The fourth-order valence-corrected chi connectivity index (χ4v) is 3.17. The molecule has 2 aromatic carbocycles. The zero-order valence-electron chi connectivity index (χ0n) is 11.4. The monoisotopic (exact) mass is 371 g/mol. The first-order valence-electron chi connectivity index (χ1n) is 6.35. The van der Waals surface area contributed by atoms with Crippen molar-refractivity contribution >= 4 is 44.8 Å². The summed E-state index contributed by atoms with van der Waals surface area (Å²) in [5.41, 5.74) is 3.37. The number of nitrogens with zero attached hydrogens (tertiary/aromatic N) is 1. The standard InChI is InChI=1S/C16H16BrCl2N/c1-11(12-4-3-5-14(18)8-12)20(2)15-7-6-13(10-17)16(19)9-15/h3-9,11H,10H2,1-2H3. The van der Waals surface area contributed by atoms with Gasteiger partial charge in [-0.3, -0.25) is 0 Å². The third kappa shape index (κ3) is 3.49. The molecule has 0 fully saturated rings. The van der Waals surface area contributed by atoms with Crippen LogP contribution in [0.2, 0.25) is 10.0 Å². The molecule has 0 N–H and O–H groups in total. The van der Waals surface area contributed by atoms with E-state index in [4.69, 9.17) is 23.2 Å². The van der Waals surface area contributed by atoms with Crippen LogP contribution < -0.4 is 4.90 Å². The van der Waals surface area contributed by atoms with Crippen LogP contribution in [0.15, 0.2) is 42.5 Å². The Morgan fingerprint density at radius 3 is 2.50 bits per heavy atom. The highest BCUT2D eigenvalue weighted by Crippen LogP contribution is 2.30. The average molecular weight is 373 g/mol. The molecule has 0 heterocycles. The van der Waals surface area contributed by atoms with Crippen molar-refractivity contribution in [1.82, 2.24) is 0 Å². The highest BCUT2D eigenvalue weighted by atomic mass is 79.9. The van der Waals surface area contributed by atoms with Gasteiger partial charge in [0, 0.05) is 28.1 Å². The highest BCUT2D eigenvalue weighted by Gasteiger charge is 2.13. The van der Waals surface area contributed by atoms with Crippen molar-refractivity contribution in [1.29, 1.82) is 0 Å². The molecule has 2 aromatic rings. The fraction of sp³-hybridized carbons (Fsp3) is 0.250. The summed E-state index contributed by atoms with van der Waals surface area (Å²) in [6, 6.07) is 14.3. The molecule has 1 unspecified atom stereocenters. The van der Waals surface area contributed by atoms with Crippen molar-refractivity contribution in [2.75, 3.05) is 11.9 Å². The van der Waals surface area contributed by atoms with Crippen LogP contribution in [0, 0.1) is 0 Å². The molecule has 0 aliphatic heterocycles. The lowest BCUT2D eigenvalue weighted by molar-refractivity contribution is 0.740. The normalized spacial score (nSPS) is 12.2. The van der Waals surface area contributed by atoms with Crippen LogP contribution in [0.1, 0.15) is 24.1 Å². The Labute approximate surface area is 138 Å². The van der Waals surface area contributed by atoms with Crippen molar-refractivity contribution in [2.24, 2.45) is 0 Å². The molecule has 4 heteroatoms. The lowest BCUT2D eigenvalue weighted by Gasteiger charge is -2.28. The van der Waals surface area contributed by atoms with Crippen molar-refractivity contribution in [2.45, 2.75) is 18.3 Å². The van der Waals surface area contributed by atoms with Gasteiger partial charge >= 0.3 is 0 Å². The summed E-state index contributed by atoms with van der Waals surface area (Å²) in [6.07, 6.45) is 0. The molecular weight excluding hydrogens is 357 g/mol. The van der Waals surface area contributed by atoms with Crippen molar-refractivity contribution in [3.8, 4) is 0 Å². The summed E-state index contributed by atoms with van der Waals surface area (Å²) in [7, 11) is 2.06. The Kier molecular flexibility index (Phi) is 5.36. The number of rotatable bonds is 4. The van der Waals surface area contributed by atoms with Gasteiger partial charge in [-0.2, -0.15) is 0 Å². The summed E-state index contributed by atoms with van der Waals surface area (Å²) in [4.78, 5) is 2.19. The predicted molar refractivity (Wildman–Crippen MR) is 92.4 cm³/mol. The maximum Gasteiger partial charge on any atom is 0.0511 e. The number of alkyl halides is 1. The molecule has 0 aliphatic rings. The first-order valence-corrected chi connectivity index (χ1v) is 8.23. The molecular formula is C16H16BrCl2N. The van der Waals surface area contributed by atoms with Gasteiger partial charge in [-0.1, -0.05) is 57.3 Å². The Bertz CT molecular complexity index is 601. The van der Waals surface area contributed by atoms with E-state index in [9.17, 15) is 0 Å². The summed E-state index contributed by atoms with van der Waals surface area (Å²) < 4.78 is 0. The van der Waals surface area contributed by atoms with E-state index in [1.54, 1.807) is 0 Å². The predicted octanol–water partition coefficient (Wildman–Crippen LogP) is 6.09. The van der Waals surface area contributed by atoms with E-state index in [2.05, 4.69) is 46.9 Å². The molecule has 0 bridgehead atoms. The molecule has 20 heavy (non-hydrogen) atoms. The Balaban J connectivity index is 2.26. The molecule has 0 radical (unpaired) electrons. The van der Waals surface area contributed by atoms with Gasteiger partial charge in [-0.25, -0.2) is 0 Å². The summed E-state index contributed by atoms with van der Waals surface area (Å²) in [5, 5.41) is 2.31. The summed E-state index contributed by atoms with van der Waals surface area (Å²) >= 11 is 15.8. The van der Waals surface area contributed by atoms with Crippen LogP contribution in [0.25, 0.3) is 0 Å². The molecule has 0 saturated carbocycles. The number of hydrogen-bond acceptors (Lipinski definition) is 1. The van der Waals surface area contributed by atoms with Crippen LogP contribution in [0.4, 0.5) is 5.69 Å². The summed E-state index contributed by atoms with van der Waals surface area (Å²) in [5.74, 6) is 0. The maximum atomic E-state index is 6.27. The van der Waals surface area contributed by atoms with Gasteiger partial charge < -0.3 is 4.90 Å². The van der Waals surface area contributed by atoms with E-state index in [0.29, 0.717) is 0 Å². The largest absolute Gasteiger partial charge is 0.368 e. The van der Waals surface area contributed by atoms with Crippen LogP contribution in [-0.4, -0.2) is 7.05 Å². The van der Waals surface area contributed by atoms with Gasteiger partial charge in [0.1, 0.15) is 0 Å². The topological polar surface area (TPSA) is 3.24 Å². The Hall–Kier alpha value is -0.700. The molecule has 1 nitrogen and oxygen atoms in total. The molecule has 0 spiro atoms. The first-order chi connectivity index (χ1) is 9.52. The van der Waals surface area contributed by atoms with Crippen molar-refractivity contribution < 1.29 is 0 Å². The van der Waals surface area contributed by atoms with E-state index in [1.165, 1.54) is 5.56 Å². The average Bonchev–Trinajstić information content (AvgIpc) is 2.45. The van der Waals surface area contributed by atoms with Gasteiger partial charge in [0.05, 0.1) is 6.04 Å². The Morgan fingerprint density at radius 1 is 1.15 bits per heavy atom. The number of benzene rings is 2. The fourth-order valence-electron chi connectivity index (χ4n) is 2.08. The van der Waals surface area contributed by atoms with Gasteiger partial charge in [0.25, 0.3) is 0 Å². The van der Waals surface area contributed by atoms with Gasteiger partial charge in [0.2, 0.25) is 0 Å². The summed E-state index contributed by atoms with van der Waals surface area (Å²) in [6.45, 7) is 2.15. The molecule has 0 saturated heterocycles. The smallest absolute Gasteiger partial charge is 0.0511 e.